The first-order chi connectivity index (χ1) is 16.3. The Balaban J connectivity index is 1.62. The zero-order valence-electron chi connectivity index (χ0n) is 19.4. The predicted octanol–water partition coefficient (Wildman–Crippen LogP) is 1.11. The first-order valence-corrected chi connectivity index (χ1v) is 10.9. The molecule has 1 aliphatic carbocycles. The van der Waals surface area contributed by atoms with Gasteiger partial charge in [-0.2, -0.15) is 10.2 Å². The maximum Gasteiger partial charge on any atom is 0.258 e. The molecular weight excluding hydrogens is 434 g/mol. The minimum atomic E-state index is -2.32. The predicted molar refractivity (Wildman–Crippen MR) is 135 cm³/mol. The molecule has 0 amide bonds. The number of aromatic nitrogens is 2. The quantitative estimate of drug-likeness (QED) is 0.517. The maximum absolute atomic E-state index is 9.88. The van der Waals surface area contributed by atoms with Gasteiger partial charge in [-0.15, -0.1) is 0 Å². The Morgan fingerprint density at radius 2 is 1.91 bits per heavy atom. The summed E-state index contributed by atoms with van der Waals surface area (Å²) in [6, 6.07) is 12.4. The Morgan fingerprint density at radius 1 is 1.17 bits per heavy atom. The standard InChI is InChI=1S/C23H19B5N4O3/c1-21(2,24)34-18-9-6-12(10-13(18)11-29)20-30-19(32-35-20)16-5-3-4-15-14(16)7-8-17(15)31-22(25,26)23(27,28)33/h3-6,9-10,17,31,33H,7-8H2,1-2H3/t17-/m0/s1. The van der Waals surface area contributed by atoms with Crippen molar-refractivity contribution in [3.05, 3.63) is 53.1 Å². The molecule has 2 aromatic carbocycles. The highest BCUT2D eigenvalue weighted by Gasteiger charge is 2.37. The van der Waals surface area contributed by atoms with E-state index < -0.39 is 16.2 Å². The fraction of sp³-hybridized carbons (Fsp3) is 0.348. The van der Waals surface area contributed by atoms with Crippen LogP contribution in [0, 0.1) is 11.3 Å². The fourth-order valence-corrected chi connectivity index (χ4v) is 3.99. The molecule has 1 aliphatic rings. The number of nitrogens with zero attached hydrogens (tertiary/aromatic N) is 3. The Labute approximate surface area is 211 Å². The molecule has 0 unspecified atom stereocenters. The van der Waals surface area contributed by atoms with E-state index in [1.54, 1.807) is 32.0 Å². The molecule has 164 valence electrons. The van der Waals surface area contributed by atoms with Crippen LogP contribution in [-0.4, -0.2) is 70.7 Å². The van der Waals surface area contributed by atoms with Crippen LogP contribution in [0.3, 0.4) is 0 Å². The van der Waals surface area contributed by atoms with Crippen molar-refractivity contribution in [2.75, 3.05) is 0 Å². The van der Waals surface area contributed by atoms with Crippen LogP contribution in [0.25, 0.3) is 22.8 Å². The van der Waals surface area contributed by atoms with Crippen LogP contribution in [0.1, 0.15) is 43.0 Å². The number of ether oxygens (including phenoxy) is 1. The van der Waals surface area contributed by atoms with E-state index >= 15 is 0 Å². The molecule has 3 aromatic rings. The highest BCUT2D eigenvalue weighted by molar-refractivity contribution is 6.53. The zero-order chi connectivity index (χ0) is 25.6. The van der Waals surface area contributed by atoms with Crippen LogP contribution in [0.4, 0.5) is 0 Å². The molecule has 1 heterocycles. The molecule has 0 saturated heterocycles. The lowest BCUT2D eigenvalue weighted by Crippen LogP contribution is -2.65. The molecule has 1 atom stereocenters. The van der Waals surface area contributed by atoms with Crippen LogP contribution in [0.15, 0.2) is 40.9 Å². The Hall–Kier alpha value is -2.89. The Bertz CT molecular complexity index is 1290. The average molecular weight is 453 g/mol. The van der Waals surface area contributed by atoms with Crippen molar-refractivity contribution >= 4 is 39.2 Å². The number of hydrogen-bond donors (Lipinski definition) is 2. The van der Waals surface area contributed by atoms with Gasteiger partial charge in [0.05, 0.1) is 42.4 Å². The molecule has 2 N–H and O–H groups in total. The van der Waals surface area contributed by atoms with Crippen molar-refractivity contribution in [3.63, 3.8) is 0 Å². The number of aliphatic hydroxyl groups is 1. The molecule has 12 heteroatoms. The molecule has 0 bridgehead atoms. The first kappa shape index (κ1) is 25.2. The van der Waals surface area contributed by atoms with E-state index in [1.165, 1.54) is 0 Å². The molecule has 0 saturated carbocycles. The molecule has 7 nitrogen and oxygen atoms in total. The molecule has 0 spiro atoms. The van der Waals surface area contributed by atoms with Crippen molar-refractivity contribution in [3.8, 4) is 34.7 Å². The molecule has 0 aliphatic heterocycles. The highest BCUT2D eigenvalue weighted by Crippen LogP contribution is 2.38. The van der Waals surface area contributed by atoms with Gasteiger partial charge in [0.2, 0.25) is 5.82 Å². The second-order valence-electron chi connectivity index (χ2n) is 9.25. The summed E-state index contributed by atoms with van der Waals surface area (Å²) in [4.78, 5) is 4.54. The number of rotatable bonds is 7. The van der Waals surface area contributed by atoms with Gasteiger partial charge in [0.1, 0.15) is 19.7 Å². The molecule has 1 aromatic heterocycles. The van der Waals surface area contributed by atoms with Crippen molar-refractivity contribution in [2.45, 2.75) is 49.0 Å². The van der Waals surface area contributed by atoms with Gasteiger partial charge in [-0.25, -0.2) is 0 Å². The molecule has 10 radical (unpaired) electrons. The lowest BCUT2D eigenvalue weighted by Gasteiger charge is -2.43. The van der Waals surface area contributed by atoms with Crippen molar-refractivity contribution in [1.82, 2.24) is 15.5 Å². The summed E-state index contributed by atoms with van der Waals surface area (Å²) in [5.41, 5.74) is 2.60. The van der Waals surface area contributed by atoms with Crippen molar-refractivity contribution in [2.24, 2.45) is 0 Å². The molecular formula is C23H19B5N4O3. The van der Waals surface area contributed by atoms with E-state index in [1.807, 2.05) is 18.2 Å². The monoisotopic (exact) mass is 454 g/mol. The molecule has 4 rings (SSSR count). The van der Waals surface area contributed by atoms with E-state index in [2.05, 4.69) is 21.5 Å². The molecule has 35 heavy (non-hydrogen) atoms. The third-order valence-corrected chi connectivity index (χ3v) is 5.73. The van der Waals surface area contributed by atoms with Crippen LogP contribution in [0.5, 0.6) is 5.75 Å². The number of nitriles is 1. The Morgan fingerprint density at radius 3 is 2.57 bits per heavy atom. The molecule has 0 fully saturated rings. The third-order valence-electron chi connectivity index (χ3n) is 5.73. The number of hydrogen-bond acceptors (Lipinski definition) is 7. The summed E-state index contributed by atoms with van der Waals surface area (Å²) < 4.78 is 11.1. The van der Waals surface area contributed by atoms with E-state index in [-0.39, 0.29) is 11.9 Å². The highest BCUT2D eigenvalue weighted by atomic mass is 16.5. The van der Waals surface area contributed by atoms with Gasteiger partial charge in [-0.05, 0) is 66.8 Å². The van der Waals surface area contributed by atoms with Gasteiger partial charge in [-0.3, -0.25) is 0 Å². The topological polar surface area (TPSA) is 104 Å². The smallest absolute Gasteiger partial charge is 0.258 e. The van der Waals surface area contributed by atoms with Gasteiger partial charge in [-0.1, -0.05) is 23.4 Å². The summed E-state index contributed by atoms with van der Waals surface area (Å²) >= 11 is 0. The summed E-state index contributed by atoms with van der Waals surface area (Å²) in [6.45, 7) is 3.38. The normalized spacial score (nSPS) is 16.0. The van der Waals surface area contributed by atoms with Crippen molar-refractivity contribution in [1.29, 1.82) is 5.26 Å². The first-order valence-electron chi connectivity index (χ1n) is 10.9. The lowest BCUT2D eigenvalue weighted by molar-refractivity contribution is 0.169. The van der Waals surface area contributed by atoms with Crippen LogP contribution < -0.4 is 10.1 Å². The minimum absolute atomic E-state index is 0.250. The number of benzene rings is 2. The van der Waals surface area contributed by atoms with Gasteiger partial charge >= 0.3 is 0 Å². The minimum Gasteiger partial charge on any atom is -0.497 e. The number of fused-ring (bicyclic) bond motifs is 1. The van der Waals surface area contributed by atoms with E-state index in [4.69, 9.17) is 48.5 Å². The summed E-state index contributed by atoms with van der Waals surface area (Å²) in [5, 5.41) is 22.3. The van der Waals surface area contributed by atoms with Crippen LogP contribution in [0.2, 0.25) is 0 Å². The third kappa shape index (κ3) is 5.22. The Kier molecular flexibility index (Phi) is 6.46. The van der Waals surface area contributed by atoms with Gasteiger partial charge in [0.25, 0.3) is 5.89 Å². The second kappa shape index (κ2) is 8.96. The van der Waals surface area contributed by atoms with Crippen LogP contribution >= 0.6 is 0 Å². The second-order valence-corrected chi connectivity index (χ2v) is 9.25. The van der Waals surface area contributed by atoms with Crippen molar-refractivity contribution < 1.29 is 14.4 Å². The van der Waals surface area contributed by atoms with E-state index in [0.29, 0.717) is 35.5 Å². The largest absolute Gasteiger partial charge is 0.497 e. The van der Waals surface area contributed by atoms with Gasteiger partial charge < -0.3 is 19.7 Å². The SMILES string of the molecule is [B]C(C)(C)Oc1ccc(-c2nc(-c3cccc4c3CC[C@@H]4NC([B])([B])C([B])([B])O)no2)cc1C#N. The zero-order valence-corrected chi connectivity index (χ0v) is 19.4. The van der Waals surface area contributed by atoms with Gasteiger partial charge in [0, 0.05) is 17.2 Å². The average Bonchev–Trinajstić information content (AvgIpc) is 3.40. The summed E-state index contributed by atoms with van der Waals surface area (Å²) in [5.74, 6) is 1.00. The summed E-state index contributed by atoms with van der Waals surface area (Å²) in [7, 11) is 28.7. The van der Waals surface area contributed by atoms with Crippen LogP contribution in [-0.2, 0) is 6.42 Å². The lowest BCUT2D eigenvalue weighted by atomic mass is 9.40. The van der Waals surface area contributed by atoms with Gasteiger partial charge in [0.15, 0.2) is 0 Å². The number of nitrogens with one attached hydrogen (secondary N) is 1. The van der Waals surface area contributed by atoms with E-state index in [9.17, 15) is 10.4 Å². The maximum atomic E-state index is 9.88. The fourth-order valence-electron chi connectivity index (χ4n) is 3.99. The summed E-state index contributed by atoms with van der Waals surface area (Å²) in [6.07, 6.45) is 1.32. The van der Waals surface area contributed by atoms with E-state index in [0.717, 1.165) is 16.7 Å².